The summed E-state index contributed by atoms with van der Waals surface area (Å²) in [5, 5.41) is 7.44. The lowest BCUT2D eigenvalue weighted by molar-refractivity contribution is -0.119. The Hall–Kier alpha value is -4.31. The van der Waals surface area contributed by atoms with E-state index in [-0.39, 0.29) is 29.2 Å². The Labute approximate surface area is 285 Å². The summed E-state index contributed by atoms with van der Waals surface area (Å²) >= 11 is 1.25. The van der Waals surface area contributed by atoms with Gasteiger partial charge in [0, 0.05) is 36.1 Å². The molecule has 0 spiro atoms. The fourth-order valence-corrected chi connectivity index (χ4v) is 7.52. The van der Waals surface area contributed by atoms with Crippen LogP contribution in [0.25, 0.3) is 38.9 Å². The third-order valence-corrected chi connectivity index (χ3v) is 10.2. The Morgan fingerprint density at radius 1 is 0.958 bits per heavy atom. The minimum Gasteiger partial charge on any atom is -0.464 e. The van der Waals surface area contributed by atoms with Crippen LogP contribution in [-0.2, 0) is 16.6 Å². The summed E-state index contributed by atoms with van der Waals surface area (Å²) in [6, 6.07) is 17.2. The number of fused-ring (bicyclic) bond motifs is 3. The fraction of sp³-hybridized carbons (Fsp3) is 0.421. The second-order valence-corrected chi connectivity index (χ2v) is 13.8. The third-order valence-electron chi connectivity index (χ3n) is 9.23. The summed E-state index contributed by atoms with van der Waals surface area (Å²) in [5.41, 5.74) is 3.71. The van der Waals surface area contributed by atoms with Crippen LogP contribution in [-0.4, -0.2) is 37.7 Å². The molecule has 1 aliphatic carbocycles. The molecule has 2 N–H and O–H groups in total. The van der Waals surface area contributed by atoms with Gasteiger partial charge in [0.2, 0.25) is 11.8 Å². The smallest absolute Gasteiger partial charge is 0.283 e. The number of furan rings is 1. The third kappa shape index (κ3) is 7.70. The number of unbranched alkanes of at least 4 members (excludes halogenated alkanes) is 5. The van der Waals surface area contributed by atoms with E-state index in [1.165, 1.54) is 37.4 Å². The number of rotatable bonds is 14. The van der Waals surface area contributed by atoms with Crippen LogP contribution < -0.4 is 16.2 Å². The highest BCUT2D eigenvalue weighted by Crippen LogP contribution is 2.32. The monoisotopic (exact) mass is 667 g/mol. The topological polar surface area (TPSA) is 111 Å². The molecule has 0 radical (unpaired) electrons. The van der Waals surface area contributed by atoms with Crippen LogP contribution in [0.1, 0.15) is 84.0 Å². The summed E-state index contributed by atoms with van der Waals surface area (Å²) in [5.74, 6) is 0.748. The average molecular weight is 668 g/mol. The van der Waals surface area contributed by atoms with Crippen molar-refractivity contribution in [1.82, 2.24) is 19.4 Å². The second kappa shape index (κ2) is 15.7. The standard InChI is InChI=1S/C38H45N5O4S/c1-3-4-5-6-7-11-19-33(44)40-28-16-12-17-29(24-28)43-37(46)36-35(41-38(43)48-25-34(45)39-27-14-9-8-10-15-27)30-23-26(32-18-13-22-47-32)20-21-31(30)42(36)2/h12-13,16-18,20-24,27H,3-11,14-15,19,25H2,1-2H3,(H,39,45)(H,40,44). The number of carbonyl (C=O) groups excluding carboxylic acids is 2. The van der Waals surface area contributed by atoms with E-state index in [1.807, 2.05) is 60.1 Å². The quantitative estimate of drug-likeness (QED) is 0.0700. The van der Waals surface area contributed by atoms with Gasteiger partial charge in [-0.1, -0.05) is 76.1 Å². The van der Waals surface area contributed by atoms with Crippen LogP contribution in [0.4, 0.5) is 5.69 Å². The Morgan fingerprint density at radius 3 is 2.56 bits per heavy atom. The first-order chi connectivity index (χ1) is 23.4. The van der Waals surface area contributed by atoms with Gasteiger partial charge in [-0.05, 0) is 67.8 Å². The molecule has 3 heterocycles. The van der Waals surface area contributed by atoms with Gasteiger partial charge in [0.15, 0.2) is 5.16 Å². The molecule has 0 aliphatic heterocycles. The number of aromatic nitrogens is 3. The largest absolute Gasteiger partial charge is 0.464 e. The van der Waals surface area contributed by atoms with Crippen molar-refractivity contribution in [3.05, 3.63) is 71.2 Å². The first-order valence-corrected chi connectivity index (χ1v) is 18.3. The van der Waals surface area contributed by atoms with Gasteiger partial charge in [0.25, 0.3) is 5.56 Å². The number of amides is 2. The van der Waals surface area contributed by atoms with Crippen molar-refractivity contribution in [2.24, 2.45) is 7.05 Å². The Kier molecular flexibility index (Phi) is 11.0. The molecule has 3 aromatic heterocycles. The van der Waals surface area contributed by atoms with E-state index in [4.69, 9.17) is 9.40 Å². The van der Waals surface area contributed by atoms with Crippen molar-refractivity contribution in [3.8, 4) is 17.0 Å². The highest BCUT2D eigenvalue weighted by molar-refractivity contribution is 7.99. The molecule has 5 aromatic rings. The number of nitrogens with one attached hydrogen (secondary N) is 2. The second-order valence-electron chi connectivity index (χ2n) is 12.8. The number of hydrogen-bond donors (Lipinski definition) is 2. The molecule has 1 aliphatic rings. The van der Waals surface area contributed by atoms with Gasteiger partial charge in [-0.15, -0.1) is 0 Å². The zero-order chi connectivity index (χ0) is 33.5. The first kappa shape index (κ1) is 33.6. The van der Waals surface area contributed by atoms with Gasteiger partial charge in [0.05, 0.1) is 23.2 Å². The van der Waals surface area contributed by atoms with Crippen molar-refractivity contribution in [3.63, 3.8) is 0 Å². The lowest BCUT2D eigenvalue weighted by atomic mass is 9.95. The minimum absolute atomic E-state index is 0.0430. The zero-order valence-electron chi connectivity index (χ0n) is 27.9. The maximum absolute atomic E-state index is 14.5. The summed E-state index contributed by atoms with van der Waals surface area (Å²) in [7, 11) is 1.87. The lowest BCUT2D eigenvalue weighted by Crippen LogP contribution is -2.37. The van der Waals surface area contributed by atoms with Crippen LogP contribution in [0.5, 0.6) is 0 Å². The van der Waals surface area contributed by atoms with Gasteiger partial charge in [-0.25, -0.2) is 4.98 Å². The molecular formula is C38H45N5O4S. The minimum atomic E-state index is -0.246. The fourth-order valence-electron chi connectivity index (χ4n) is 6.70. The van der Waals surface area contributed by atoms with Crippen molar-refractivity contribution in [2.45, 2.75) is 95.2 Å². The van der Waals surface area contributed by atoms with Crippen LogP contribution in [0.15, 0.2) is 75.2 Å². The molecule has 1 fully saturated rings. The van der Waals surface area contributed by atoms with E-state index in [9.17, 15) is 14.4 Å². The summed E-state index contributed by atoms with van der Waals surface area (Å²) in [4.78, 5) is 45.5. The predicted octanol–water partition coefficient (Wildman–Crippen LogP) is 8.37. The van der Waals surface area contributed by atoms with E-state index in [0.717, 1.165) is 67.2 Å². The number of hydrogen-bond acceptors (Lipinski definition) is 6. The molecule has 1 saturated carbocycles. The highest BCUT2D eigenvalue weighted by Gasteiger charge is 2.22. The van der Waals surface area contributed by atoms with E-state index in [2.05, 4.69) is 17.6 Å². The average Bonchev–Trinajstić information content (AvgIpc) is 3.73. The van der Waals surface area contributed by atoms with Crippen LogP contribution >= 0.6 is 11.8 Å². The molecule has 2 amide bonds. The van der Waals surface area contributed by atoms with Gasteiger partial charge < -0.3 is 19.6 Å². The normalized spacial score (nSPS) is 13.7. The Morgan fingerprint density at radius 2 is 1.77 bits per heavy atom. The zero-order valence-corrected chi connectivity index (χ0v) is 28.7. The maximum Gasteiger partial charge on any atom is 0.283 e. The molecule has 252 valence electrons. The summed E-state index contributed by atoms with van der Waals surface area (Å²) in [6.07, 6.45) is 14.2. The molecular weight excluding hydrogens is 623 g/mol. The molecule has 0 unspecified atom stereocenters. The number of aryl methyl sites for hydroxylation is 1. The van der Waals surface area contributed by atoms with Gasteiger partial charge in [0.1, 0.15) is 16.8 Å². The number of anilines is 1. The van der Waals surface area contributed by atoms with Gasteiger partial charge >= 0.3 is 0 Å². The summed E-state index contributed by atoms with van der Waals surface area (Å²) in [6.45, 7) is 2.20. The molecule has 0 bridgehead atoms. The predicted molar refractivity (Wildman–Crippen MR) is 194 cm³/mol. The molecule has 0 atom stereocenters. The molecule has 9 nitrogen and oxygen atoms in total. The number of thioether (sulfide) groups is 1. The number of nitrogens with zero attached hydrogens (tertiary/aromatic N) is 3. The number of benzene rings is 2. The molecule has 0 saturated heterocycles. The number of carbonyl (C=O) groups is 2. The van der Waals surface area contributed by atoms with E-state index in [1.54, 1.807) is 16.9 Å². The Balaban J connectivity index is 1.33. The van der Waals surface area contributed by atoms with E-state index < -0.39 is 0 Å². The van der Waals surface area contributed by atoms with Crippen molar-refractivity contribution < 1.29 is 14.0 Å². The SMILES string of the molecule is CCCCCCCCC(=O)Nc1cccc(-n2c(SCC(=O)NC3CCCCC3)nc3c4cc(-c5ccco5)ccc4n(C)c3c2=O)c1. The van der Waals surface area contributed by atoms with Gasteiger partial charge in [-0.3, -0.25) is 19.0 Å². The lowest BCUT2D eigenvalue weighted by Gasteiger charge is -2.22. The van der Waals surface area contributed by atoms with Crippen molar-refractivity contribution in [1.29, 1.82) is 0 Å². The van der Waals surface area contributed by atoms with Crippen molar-refractivity contribution >= 4 is 51.2 Å². The molecule has 6 rings (SSSR count). The Bertz CT molecular complexity index is 1940. The summed E-state index contributed by atoms with van der Waals surface area (Å²) < 4.78 is 9.09. The maximum atomic E-state index is 14.5. The highest BCUT2D eigenvalue weighted by atomic mass is 32.2. The molecule has 10 heteroatoms. The molecule has 48 heavy (non-hydrogen) atoms. The van der Waals surface area contributed by atoms with Crippen LogP contribution in [0, 0.1) is 0 Å². The van der Waals surface area contributed by atoms with E-state index >= 15 is 0 Å². The van der Waals surface area contributed by atoms with E-state index in [0.29, 0.717) is 34.0 Å². The van der Waals surface area contributed by atoms with Crippen LogP contribution in [0.2, 0.25) is 0 Å². The molecule has 2 aromatic carbocycles. The van der Waals surface area contributed by atoms with Crippen LogP contribution in [0.3, 0.4) is 0 Å². The van der Waals surface area contributed by atoms with Crippen molar-refractivity contribution in [2.75, 3.05) is 11.1 Å². The first-order valence-electron chi connectivity index (χ1n) is 17.3. The van der Waals surface area contributed by atoms with Gasteiger partial charge in [-0.2, -0.15) is 0 Å².